The van der Waals surface area contributed by atoms with Gasteiger partial charge in [0.25, 0.3) is 5.91 Å². The normalized spacial score (nSPS) is 26.9. The molecule has 0 aromatic heterocycles. The summed E-state index contributed by atoms with van der Waals surface area (Å²) in [5.41, 5.74) is 7.68. The van der Waals surface area contributed by atoms with E-state index in [4.69, 9.17) is 5.73 Å². The van der Waals surface area contributed by atoms with E-state index in [1.165, 1.54) is 0 Å². The van der Waals surface area contributed by atoms with E-state index >= 15 is 0 Å². The summed E-state index contributed by atoms with van der Waals surface area (Å²) in [5.74, 6) is -0.323. The average Bonchev–Trinajstić information content (AvgIpc) is 3.23. The molecule has 2 aliphatic rings. The molecule has 1 aromatic carbocycles. The zero-order valence-corrected chi connectivity index (χ0v) is 12.0. The molecular formula is C16H22N2O3. The number of likely N-dealkylation sites (tertiary alicyclic amines) is 1. The van der Waals surface area contributed by atoms with Gasteiger partial charge in [0.2, 0.25) is 0 Å². The minimum atomic E-state index is -0.638. The van der Waals surface area contributed by atoms with Gasteiger partial charge in [-0.3, -0.25) is 4.79 Å². The van der Waals surface area contributed by atoms with Crippen molar-refractivity contribution in [1.82, 2.24) is 4.90 Å². The number of nitrogens with two attached hydrogens (primary N) is 1. The summed E-state index contributed by atoms with van der Waals surface area (Å²) in [4.78, 5) is 14.2. The van der Waals surface area contributed by atoms with Crippen LogP contribution in [-0.4, -0.2) is 53.4 Å². The molecule has 2 atom stereocenters. The number of aliphatic hydroxyl groups excluding tert-OH is 2. The number of hydrogen-bond acceptors (Lipinski definition) is 4. The molecule has 1 saturated carbocycles. The number of aliphatic hydroxyl groups is 2. The highest BCUT2D eigenvalue weighted by molar-refractivity contribution is 5.94. The van der Waals surface area contributed by atoms with Gasteiger partial charge in [-0.1, -0.05) is 12.1 Å². The zero-order chi connectivity index (χ0) is 15.0. The van der Waals surface area contributed by atoms with Crippen molar-refractivity contribution < 1.29 is 15.0 Å². The summed E-state index contributed by atoms with van der Waals surface area (Å²) in [7, 11) is 0. The lowest BCUT2D eigenvalue weighted by Crippen LogP contribution is -2.30. The van der Waals surface area contributed by atoms with Crippen molar-refractivity contribution in [3.8, 4) is 0 Å². The Hall–Kier alpha value is -1.43. The molecule has 3 rings (SSSR count). The average molecular weight is 290 g/mol. The summed E-state index contributed by atoms with van der Waals surface area (Å²) in [5, 5.41) is 19.0. The standard InChI is InChI=1S/C16H22N2O3/c17-10-16(4-5-16)13-3-1-2-11(6-13)15(21)18-7-12(9-19)14(20)8-18/h1-3,6,12,14,19-20H,4-5,7-10,17H2. The second-order valence-electron chi connectivity index (χ2n) is 6.29. The fourth-order valence-corrected chi connectivity index (χ4v) is 3.13. The summed E-state index contributed by atoms with van der Waals surface area (Å²) in [6, 6.07) is 7.66. The van der Waals surface area contributed by atoms with Crippen LogP contribution in [0.1, 0.15) is 28.8 Å². The smallest absolute Gasteiger partial charge is 0.253 e. The predicted molar refractivity (Wildman–Crippen MR) is 78.9 cm³/mol. The highest BCUT2D eigenvalue weighted by atomic mass is 16.3. The Kier molecular flexibility index (Phi) is 3.73. The molecule has 114 valence electrons. The quantitative estimate of drug-likeness (QED) is 0.734. The van der Waals surface area contributed by atoms with E-state index in [2.05, 4.69) is 0 Å². The van der Waals surface area contributed by atoms with Gasteiger partial charge < -0.3 is 20.8 Å². The maximum Gasteiger partial charge on any atom is 0.253 e. The van der Waals surface area contributed by atoms with Crippen LogP contribution in [0.15, 0.2) is 24.3 Å². The van der Waals surface area contributed by atoms with Gasteiger partial charge in [0.15, 0.2) is 0 Å². The Morgan fingerprint density at radius 2 is 2.14 bits per heavy atom. The molecule has 0 spiro atoms. The van der Waals surface area contributed by atoms with Crippen molar-refractivity contribution in [2.45, 2.75) is 24.4 Å². The van der Waals surface area contributed by atoms with Crippen LogP contribution in [0.25, 0.3) is 0 Å². The Morgan fingerprint density at radius 3 is 2.71 bits per heavy atom. The zero-order valence-electron chi connectivity index (χ0n) is 12.0. The van der Waals surface area contributed by atoms with Gasteiger partial charge in [-0.2, -0.15) is 0 Å². The van der Waals surface area contributed by atoms with Gasteiger partial charge in [0.1, 0.15) is 0 Å². The van der Waals surface area contributed by atoms with Gasteiger partial charge in [0.05, 0.1) is 12.7 Å². The third kappa shape index (κ3) is 2.57. The number of nitrogens with zero attached hydrogens (tertiary/aromatic N) is 1. The third-order valence-corrected chi connectivity index (χ3v) is 4.89. The van der Waals surface area contributed by atoms with Crippen molar-refractivity contribution in [3.63, 3.8) is 0 Å². The maximum absolute atomic E-state index is 12.5. The molecule has 1 saturated heterocycles. The van der Waals surface area contributed by atoms with Crippen LogP contribution < -0.4 is 5.73 Å². The SMILES string of the molecule is NCC1(c2cccc(C(=O)N3CC(O)C(CO)C3)c2)CC1. The number of rotatable bonds is 4. The number of β-amino-alcohol motifs (C(OH)–C–C–N with tert-alkyl or cyclic N) is 1. The second-order valence-corrected chi connectivity index (χ2v) is 6.29. The van der Waals surface area contributed by atoms with E-state index in [1.54, 1.807) is 11.0 Å². The summed E-state index contributed by atoms with van der Waals surface area (Å²) < 4.78 is 0. The Morgan fingerprint density at radius 1 is 1.38 bits per heavy atom. The molecule has 1 aromatic rings. The van der Waals surface area contributed by atoms with Crippen molar-refractivity contribution in [2.75, 3.05) is 26.2 Å². The van der Waals surface area contributed by atoms with Crippen LogP contribution in [0.3, 0.4) is 0 Å². The summed E-state index contributed by atoms with van der Waals surface area (Å²) in [6.07, 6.45) is 1.52. The molecule has 21 heavy (non-hydrogen) atoms. The predicted octanol–water partition coefficient (Wildman–Crippen LogP) is 0.102. The van der Waals surface area contributed by atoms with Crippen LogP contribution in [-0.2, 0) is 5.41 Å². The van der Waals surface area contributed by atoms with E-state index in [9.17, 15) is 15.0 Å². The van der Waals surface area contributed by atoms with E-state index in [1.807, 2.05) is 18.2 Å². The number of benzene rings is 1. The first-order valence-electron chi connectivity index (χ1n) is 7.48. The topological polar surface area (TPSA) is 86.8 Å². The lowest BCUT2D eigenvalue weighted by Gasteiger charge is -2.18. The fraction of sp³-hybridized carbons (Fsp3) is 0.562. The van der Waals surface area contributed by atoms with Crippen molar-refractivity contribution >= 4 is 5.91 Å². The Balaban J connectivity index is 1.78. The van der Waals surface area contributed by atoms with Gasteiger partial charge in [-0.25, -0.2) is 0 Å². The molecule has 2 unspecified atom stereocenters. The number of amides is 1. The van der Waals surface area contributed by atoms with E-state index in [0.717, 1.165) is 18.4 Å². The minimum Gasteiger partial charge on any atom is -0.396 e. The lowest BCUT2D eigenvalue weighted by atomic mass is 9.94. The first-order valence-corrected chi connectivity index (χ1v) is 7.48. The highest BCUT2D eigenvalue weighted by Crippen LogP contribution is 2.47. The molecule has 0 radical (unpaired) electrons. The lowest BCUT2D eigenvalue weighted by molar-refractivity contribution is 0.0763. The molecule has 1 aliphatic heterocycles. The van der Waals surface area contributed by atoms with Gasteiger partial charge in [0, 0.05) is 36.5 Å². The minimum absolute atomic E-state index is 0.0639. The van der Waals surface area contributed by atoms with Gasteiger partial charge in [-0.15, -0.1) is 0 Å². The second kappa shape index (κ2) is 5.40. The number of carbonyl (C=O) groups is 1. The molecule has 1 heterocycles. The number of hydrogen-bond donors (Lipinski definition) is 3. The number of carbonyl (C=O) groups excluding carboxylic acids is 1. The summed E-state index contributed by atoms with van der Waals surface area (Å²) in [6.45, 7) is 1.21. The molecule has 0 bridgehead atoms. The van der Waals surface area contributed by atoms with Crippen LogP contribution >= 0.6 is 0 Å². The van der Waals surface area contributed by atoms with Gasteiger partial charge in [-0.05, 0) is 30.5 Å². The van der Waals surface area contributed by atoms with Crippen LogP contribution in [0.5, 0.6) is 0 Å². The van der Waals surface area contributed by atoms with E-state index in [-0.39, 0.29) is 30.4 Å². The Bertz CT molecular complexity index is 542. The molecule has 1 amide bonds. The molecule has 5 nitrogen and oxygen atoms in total. The molecular weight excluding hydrogens is 268 g/mol. The largest absolute Gasteiger partial charge is 0.396 e. The maximum atomic E-state index is 12.5. The van der Waals surface area contributed by atoms with E-state index < -0.39 is 6.10 Å². The van der Waals surface area contributed by atoms with Crippen LogP contribution in [0.4, 0.5) is 0 Å². The van der Waals surface area contributed by atoms with Gasteiger partial charge >= 0.3 is 0 Å². The molecule has 4 N–H and O–H groups in total. The van der Waals surface area contributed by atoms with Crippen molar-refractivity contribution in [1.29, 1.82) is 0 Å². The van der Waals surface area contributed by atoms with E-state index in [0.29, 0.717) is 18.7 Å². The molecule has 2 fully saturated rings. The third-order valence-electron chi connectivity index (χ3n) is 4.89. The van der Waals surface area contributed by atoms with Crippen molar-refractivity contribution in [3.05, 3.63) is 35.4 Å². The first kappa shape index (κ1) is 14.5. The van der Waals surface area contributed by atoms with Crippen LogP contribution in [0, 0.1) is 5.92 Å². The highest BCUT2D eigenvalue weighted by Gasteiger charge is 2.43. The fourth-order valence-electron chi connectivity index (χ4n) is 3.13. The van der Waals surface area contributed by atoms with Crippen molar-refractivity contribution in [2.24, 2.45) is 11.7 Å². The first-order chi connectivity index (χ1) is 10.1. The molecule has 5 heteroatoms. The molecule has 1 aliphatic carbocycles. The summed E-state index contributed by atoms with van der Waals surface area (Å²) >= 11 is 0. The van der Waals surface area contributed by atoms with Crippen LogP contribution in [0.2, 0.25) is 0 Å². The monoisotopic (exact) mass is 290 g/mol. The Labute approximate surface area is 124 Å².